The number of nitrogens with zero attached hydrogens (tertiary/aromatic N) is 6. The predicted octanol–water partition coefficient (Wildman–Crippen LogP) is 7.35. The summed E-state index contributed by atoms with van der Waals surface area (Å²) in [4.78, 5) is 14.5. The molecule has 7 heteroatoms. The third-order valence-electron chi connectivity index (χ3n) is 7.85. The van der Waals surface area contributed by atoms with Gasteiger partial charge in [0.1, 0.15) is 18.0 Å². The van der Waals surface area contributed by atoms with Crippen molar-refractivity contribution in [2.75, 3.05) is 0 Å². The van der Waals surface area contributed by atoms with Crippen molar-refractivity contribution in [1.82, 2.24) is 34.3 Å². The van der Waals surface area contributed by atoms with Crippen LogP contribution in [0.4, 0.5) is 0 Å². The van der Waals surface area contributed by atoms with E-state index in [9.17, 15) is 0 Å². The predicted molar refractivity (Wildman–Crippen MR) is 165 cm³/mol. The second kappa shape index (κ2) is 10.2. The first-order valence-electron chi connectivity index (χ1n) is 14.1. The summed E-state index contributed by atoms with van der Waals surface area (Å²) >= 11 is 0. The van der Waals surface area contributed by atoms with Crippen LogP contribution in [0.2, 0.25) is 0 Å². The van der Waals surface area contributed by atoms with E-state index in [0.29, 0.717) is 0 Å². The van der Waals surface area contributed by atoms with Gasteiger partial charge < -0.3 is 9.13 Å². The van der Waals surface area contributed by atoms with Crippen LogP contribution in [0.15, 0.2) is 91.3 Å². The van der Waals surface area contributed by atoms with Crippen molar-refractivity contribution in [3.8, 4) is 33.9 Å². The number of rotatable bonds is 7. The van der Waals surface area contributed by atoms with Crippen LogP contribution < -0.4 is 0 Å². The number of H-pyrrole nitrogens is 1. The molecule has 0 fully saturated rings. The first kappa shape index (κ1) is 25.0. The second-order valence-electron chi connectivity index (χ2n) is 10.6. The number of aromatic amines is 1. The highest BCUT2D eigenvalue weighted by atomic mass is 15.2. The topological polar surface area (TPSA) is 77.2 Å². The fourth-order valence-corrected chi connectivity index (χ4v) is 5.81. The molecule has 7 aromatic rings. The zero-order valence-corrected chi connectivity index (χ0v) is 23.5. The third-order valence-corrected chi connectivity index (χ3v) is 7.85. The van der Waals surface area contributed by atoms with Crippen LogP contribution in [0.5, 0.6) is 0 Å². The number of nitrogens with one attached hydrogen (secondary N) is 1. The van der Waals surface area contributed by atoms with E-state index < -0.39 is 0 Å². The number of fused-ring (bicyclic) bond motifs is 2. The number of aromatic nitrogens is 7. The smallest absolute Gasteiger partial charge is 0.156 e. The zero-order valence-electron chi connectivity index (χ0n) is 23.5. The first-order valence-corrected chi connectivity index (χ1v) is 14.1. The van der Waals surface area contributed by atoms with Crippen LogP contribution in [0.3, 0.4) is 0 Å². The summed E-state index contributed by atoms with van der Waals surface area (Å²) in [7, 11) is 2.09. The minimum Gasteiger partial charge on any atom is -0.327 e. The average Bonchev–Trinajstić information content (AvgIpc) is 3.73. The quantitative estimate of drug-likeness (QED) is 0.231. The largest absolute Gasteiger partial charge is 0.327 e. The fraction of sp³-hybridized carbons (Fsp3) is 0.176. The molecule has 0 bridgehead atoms. The molecule has 3 aromatic heterocycles. The fourth-order valence-electron chi connectivity index (χ4n) is 5.81. The zero-order chi connectivity index (χ0) is 27.9. The van der Waals surface area contributed by atoms with Crippen molar-refractivity contribution in [3.05, 3.63) is 108 Å². The molecule has 4 aromatic carbocycles. The van der Waals surface area contributed by atoms with Crippen molar-refractivity contribution >= 4 is 22.1 Å². The van der Waals surface area contributed by atoms with E-state index in [4.69, 9.17) is 9.97 Å². The molecule has 0 saturated heterocycles. The molecule has 0 amide bonds. The van der Waals surface area contributed by atoms with Crippen LogP contribution in [0.1, 0.15) is 30.3 Å². The standard InChI is InChI=1S/C34H31N7/c1-4-9-31-38-32-22(2)18-25(34-37-28-12-7-8-13-29(28)40(34)3)19-30(32)41(31)20-23-14-16-24(17-15-23)26-10-5-6-11-27(26)33-35-21-36-39-33/h5-8,10-19,21H,4,9,20H2,1-3H3,(H,35,36,39). The maximum atomic E-state index is 5.12. The second-order valence-corrected chi connectivity index (χ2v) is 10.6. The van der Waals surface area contributed by atoms with Gasteiger partial charge in [0.2, 0.25) is 0 Å². The molecule has 0 aliphatic carbocycles. The summed E-state index contributed by atoms with van der Waals surface area (Å²) in [5.41, 5.74) is 11.2. The third kappa shape index (κ3) is 4.39. The van der Waals surface area contributed by atoms with Crippen LogP contribution in [-0.4, -0.2) is 34.3 Å². The molecular formula is C34H31N7. The average molecular weight is 538 g/mol. The minimum atomic E-state index is 0.751. The van der Waals surface area contributed by atoms with Gasteiger partial charge in [0.05, 0.1) is 22.1 Å². The Morgan fingerprint density at radius 2 is 1.59 bits per heavy atom. The molecular weight excluding hydrogens is 506 g/mol. The number of para-hydroxylation sites is 2. The van der Waals surface area contributed by atoms with E-state index in [1.165, 1.54) is 11.1 Å². The van der Waals surface area contributed by atoms with Crippen LogP contribution in [0.25, 0.3) is 56.0 Å². The molecule has 41 heavy (non-hydrogen) atoms. The summed E-state index contributed by atoms with van der Waals surface area (Å²) in [6.07, 6.45) is 3.51. The van der Waals surface area contributed by atoms with Crippen molar-refractivity contribution in [3.63, 3.8) is 0 Å². The van der Waals surface area contributed by atoms with Gasteiger partial charge in [-0.1, -0.05) is 67.6 Å². The lowest BCUT2D eigenvalue weighted by Gasteiger charge is -2.12. The normalized spacial score (nSPS) is 11.6. The number of hydrogen-bond acceptors (Lipinski definition) is 4. The highest BCUT2D eigenvalue weighted by Gasteiger charge is 2.17. The summed E-state index contributed by atoms with van der Waals surface area (Å²) in [5, 5.41) is 7.03. The summed E-state index contributed by atoms with van der Waals surface area (Å²) in [6.45, 7) is 5.12. The lowest BCUT2D eigenvalue weighted by Crippen LogP contribution is -2.05. The van der Waals surface area contributed by atoms with Gasteiger partial charge in [0.25, 0.3) is 0 Å². The molecule has 3 heterocycles. The van der Waals surface area contributed by atoms with Gasteiger partial charge in [-0.2, -0.15) is 5.10 Å². The van der Waals surface area contributed by atoms with Gasteiger partial charge in [-0.3, -0.25) is 5.10 Å². The highest BCUT2D eigenvalue weighted by Crippen LogP contribution is 2.32. The van der Waals surface area contributed by atoms with Gasteiger partial charge in [-0.05, 0) is 59.9 Å². The molecule has 0 aliphatic heterocycles. The molecule has 0 radical (unpaired) electrons. The van der Waals surface area contributed by atoms with Crippen molar-refractivity contribution in [2.24, 2.45) is 7.05 Å². The molecule has 7 rings (SSSR count). The number of imidazole rings is 2. The van der Waals surface area contributed by atoms with Crippen molar-refractivity contribution in [1.29, 1.82) is 0 Å². The van der Waals surface area contributed by atoms with Gasteiger partial charge >= 0.3 is 0 Å². The Balaban J connectivity index is 1.28. The monoisotopic (exact) mass is 537 g/mol. The van der Waals surface area contributed by atoms with Gasteiger partial charge in [0, 0.05) is 31.1 Å². The Labute approximate surface area is 238 Å². The van der Waals surface area contributed by atoms with Gasteiger partial charge in [-0.15, -0.1) is 0 Å². The number of benzene rings is 4. The summed E-state index contributed by atoms with van der Waals surface area (Å²) in [6, 6.07) is 29.9. The Morgan fingerprint density at radius 3 is 2.34 bits per heavy atom. The lowest BCUT2D eigenvalue weighted by molar-refractivity contribution is 0.722. The van der Waals surface area contributed by atoms with Gasteiger partial charge in [0.15, 0.2) is 5.82 Å². The number of aryl methyl sites for hydroxylation is 3. The van der Waals surface area contributed by atoms with Crippen LogP contribution >= 0.6 is 0 Å². The van der Waals surface area contributed by atoms with E-state index >= 15 is 0 Å². The van der Waals surface area contributed by atoms with Crippen molar-refractivity contribution in [2.45, 2.75) is 33.2 Å². The Kier molecular flexibility index (Phi) is 6.19. The number of hydrogen-bond donors (Lipinski definition) is 1. The lowest BCUT2D eigenvalue weighted by atomic mass is 9.98. The highest BCUT2D eigenvalue weighted by molar-refractivity contribution is 5.87. The van der Waals surface area contributed by atoms with E-state index in [2.05, 4.69) is 118 Å². The van der Waals surface area contributed by atoms with Gasteiger partial charge in [-0.25, -0.2) is 15.0 Å². The minimum absolute atomic E-state index is 0.751. The van der Waals surface area contributed by atoms with E-state index in [0.717, 1.165) is 81.2 Å². The van der Waals surface area contributed by atoms with E-state index in [-0.39, 0.29) is 0 Å². The maximum Gasteiger partial charge on any atom is 0.156 e. The molecule has 0 unspecified atom stereocenters. The molecule has 0 aliphatic rings. The molecule has 7 nitrogen and oxygen atoms in total. The first-order chi connectivity index (χ1) is 20.1. The van der Waals surface area contributed by atoms with E-state index in [1.54, 1.807) is 6.33 Å². The maximum absolute atomic E-state index is 5.12. The Hall–Kier alpha value is -5.04. The molecule has 0 saturated carbocycles. The van der Waals surface area contributed by atoms with E-state index in [1.807, 2.05) is 12.1 Å². The Morgan fingerprint density at radius 1 is 0.805 bits per heavy atom. The molecule has 0 atom stereocenters. The van der Waals surface area contributed by atoms with Crippen LogP contribution in [0, 0.1) is 6.92 Å². The SMILES string of the molecule is CCCc1nc2c(C)cc(-c3nc4ccccc4n3C)cc2n1Cc1ccc(-c2ccccc2-c2ncn[nH]2)cc1. The van der Waals surface area contributed by atoms with Crippen molar-refractivity contribution < 1.29 is 0 Å². The molecule has 202 valence electrons. The summed E-state index contributed by atoms with van der Waals surface area (Å²) < 4.78 is 4.56. The summed E-state index contributed by atoms with van der Waals surface area (Å²) in [5.74, 6) is 2.86. The molecule has 1 N–H and O–H groups in total. The van der Waals surface area contributed by atoms with Crippen LogP contribution in [-0.2, 0) is 20.0 Å². The Bertz CT molecular complexity index is 1990. The molecule has 0 spiro atoms.